The van der Waals surface area contributed by atoms with E-state index in [4.69, 9.17) is 9.47 Å². The highest BCUT2D eigenvalue weighted by Gasteiger charge is 2.35. The van der Waals surface area contributed by atoms with E-state index in [1.807, 2.05) is 0 Å². The van der Waals surface area contributed by atoms with Gasteiger partial charge in [-0.15, -0.1) is 0 Å². The molecule has 0 aliphatic carbocycles. The van der Waals surface area contributed by atoms with Crippen molar-refractivity contribution in [2.75, 3.05) is 24.9 Å². The van der Waals surface area contributed by atoms with Crippen LogP contribution in [0.1, 0.15) is 16.2 Å². The number of amides is 1. The minimum Gasteiger partial charge on any atom is -0.494 e. The van der Waals surface area contributed by atoms with E-state index in [-0.39, 0.29) is 34.4 Å². The molecule has 174 valence electrons. The number of nitrogens with one attached hydrogen (secondary N) is 2. The summed E-state index contributed by atoms with van der Waals surface area (Å²) in [6, 6.07) is 17.9. The Morgan fingerprint density at radius 3 is 2.15 bits per heavy atom. The Labute approximate surface area is 192 Å². The average molecular weight is 468 g/mol. The number of para-hydroxylation sites is 1. The molecule has 0 spiro atoms. The molecular weight excluding hydrogens is 449 g/mol. The van der Waals surface area contributed by atoms with Crippen molar-refractivity contribution in [3.63, 3.8) is 0 Å². The van der Waals surface area contributed by atoms with Crippen LogP contribution in [0.15, 0.2) is 66.7 Å². The minimum absolute atomic E-state index is 0.0562. The minimum atomic E-state index is -4.73. The molecule has 7 nitrogen and oxygen atoms in total. The van der Waals surface area contributed by atoms with E-state index >= 15 is 0 Å². The van der Waals surface area contributed by atoms with Gasteiger partial charge in [0.15, 0.2) is 0 Å². The Hall–Kier alpha value is -4.34. The second-order valence-electron chi connectivity index (χ2n) is 7.11. The van der Waals surface area contributed by atoms with Crippen molar-refractivity contribution >= 4 is 34.0 Å². The molecule has 4 aromatic rings. The Balaban J connectivity index is 1.74. The standard InChI is InChI=1S/C24H19F3N4O3/c1-33-19-13-18(29-22(32)14-8-4-3-5-9-14)20(34-2)12-17(19)28-21-15-10-6-7-11-16(15)30-23(31-21)24(25,26)27/h3-13H,1-2H3,(H,29,32)(H,28,30,31). The van der Waals surface area contributed by atoms with Gasteiger partial charge in [0.1, 0.15) is 17.3 Å². The van der Waals surface area contributed by atoms with Gasteiger partial charge >= 0.3 is 6.18 Å². The highest BCUT2D eigenvalue weighted by atomic mass is 19.4. The number of fused-ring (bicyclic) bond motifs is 1. The molecule has 4 rings (SSSR count). The quantitative estimate of drug-likeness (QED) is 0.380. The van der Waals surface area contributed by atoms with Crippen LogP contribution in [0, 0.1) is 0 Å². The third-order valence-electron chi connectivity index (χ3n) is 4.92. The smallest absolute Gasteiger partial charge is 0.451 e. The van der Waals surface area contributed by atoms with E-state index in [1.165, 1.54) is 32.4 Å². The van der Waals surface area contributed by atoms with Crippen LogP contribution >= 0.6 is 0 Å². The molecule has 10 heteroatoms. The number of hydrogen-bond acceptors (Lipinski definition) is 6. The summed E-state index contributed by atoms with van der Waals surface area (Å²) < 4.78 is 50.9. The molecule has 1 amide bonds. The molecule has 1 heterocycles. The van der Waals surface area contributed by atoms with Gasteiger partial charge in [-0.2, -0.15) is 13.2 Å². The lowest BCUT2D eigenvalue weighted by molar-refractivity contribution is -0.144. The summed E-state index contributed by atoms with van der Waals surface area (Å²) in [5.41, 5.74) is 1.18. The van der Waals surface area contributed by atoms with Crippen LogP contribution in [0.5, 0.6) is 11.5 Å². The van der Waals surface area contributed by atoms with Gasteiger partial charge in [-0.05, 0) is 24.3 Å². The number of nitrogens with zero attached hydrogens (tertiary/aromatic N) is 2. The van der Waals surface area contributed by atoms with Gasteiger partial charge in [-0.1, -0.05) is 30.3 Å². The summed E-state index contributed by atoms with van der Waals surface area (Å²) in [5, 5.41) is 6.04. The van der Waals surface area contributed by atoms with Crippen molar-refractivity contribution in [2.45, 2.75) is 6.18 Å². The molecular formula is C24H19F3N4O3. The van der Waals surface area contributed by atoms with Crippen LogP contribution in [0.3, 0.4) is 0 Å². The zero-order valence-corrected chi connectivity index (χ0v) is 18.1. The zero-order valence-electron chi connectivity index (χ0n) is 18.1. The number of anilines is 3. The van der Waals surface area contributed by atoms with Crippen molar-refractivity contribution in [1.82, 2.24) is 9.97 Å². The molecule has 0 aliphatic rings. The fraction of sp³-hybridized carbons (Fsp3) is 0.125. The first-order valence-electron chi connectivity index (χ1n) is 10.0. The van der Waals surface area contributed by atoms with Crippen LogP contribution in [-0.2, 0) is 6.18 Å². The van der Waals surface area contributed by atoms with Gasteiger partial charge in [0.25, 0.3) is 5.91 Å². The maximum atomic E-state index is 13.4. The molecule has 0 saturated carbocycles. The average Bonchev–Trinajstić information content (AvgIpc) is 2.84. The predicted molar refractivity (Wildman–Crippen MR) is 122 cm³/mol. The maximum Gasteiger partial charge on any atom is 0.451 e. The maximum absolute atomic E-state index is 13.4. The first-order chi connectivity index (χ1) is 16.3. The second-order valence-corrected chi connectivity index (χ2v) is 7.11. The van der Waals surface area contributed by atoms with Gasteiger partial charge in [0.05, 0.1) is 31.1 Å². The molecule has 0 unspecified atom stereocenters. The second kappa shape index (κ2) is 9.26. The number of alkyl halides is 3. The van der Waals surface area contributed by atoms with E-state index in [0.717, 1.165) is 0 Å². The third kappa shape index (κ3) is 4.70. The van der Waals surface area contributed by atoms with Crippen molar-refractivity contribution < 1.29 is 27.4 Å². The van der Waals surface area contributed by atoms with Crippen LogP contribution in [0.4, 0.5) is 30.4 Å². The highest BCUT2D eigenvalue weighted by molar-refractivity contribution is 6.05. The van der Waals surface area contributed by atoms with Gasteiger partial charge in [-0.25, -0.2) is 9.97 Å². The molecule has 0 bridgehead atoms. The Morgan fingerprint density at radius 2 is 1.47 bits per heavy atom. The lowest BCUT2D eigenvalue weighted by Crippen LogP contribution is -2.14. The first-order valence-corrected chi connectivity index (χ1v) is 10.0. The molecule has 0 aliphatic heterocycles. The van der Waals surface area contributed by atoms with E-state index in [9.17, 15) is 18.0 Å². The molecule has 34 heavy (non-hydrogen) atoms. The first kappa shape index (κ1) is 22.8. The number of halogens is 3. The summed E-state index contributed by atoms with van der Waals surface area (Å²) in [5.74, 6) is -1.17. The van der Waals surface area contributed by atoms with Gasteiger partial charge in [0.2, 0.25) is 5.82 Å². The summed E-state index contributed by atoms with van der Waals surface area (Å²) in [6.45, 7) is 0. The number of ether oxygens (including phenoxy) is 2. The summed E-state index contributed by atoms with van der Waals surface area (Å²) in [7, 11) is 2.81. The van der Waals surface area contributed by atoms with Gasteiger partial charge in [-0.3, -0.25) is 4.79 Å². The number of rotatable bonds is 6. The number of hydrogen-bond donors (Lipinski definition) is 2. The molecule has 0 atom stereocenters. The van der Waals surface area contributed by atoms with Gasteiger partial charge < -0.3 is 20.1 Å². The highest BCUT2D eigenvalue weighted by Crippen LogP contribution is 2.39. The van der Waals surface area contributed by atoms with Crippen LogP contribution < -0.4 is 20.1 Å². The monoisotopic (exact) mass is 468 g/mol. The molecule has 0 saturated heterocycles. The normalized spacial score (nSPS) is 11.2. The molecule has 0 radical (unpaired) electrons. The van der Waals surface area contributed by atoms with Crippen LogP contribution in [0.25, 0.3) is 10.9 Å². The van der Waals surface area contributed by atoms with Gasteiger partial charge in [0, 0.05) is 23.1 Å². The lowest BCUT2D eigenvalue weighted by atomic mass is 10.2. The number of aromatic nitrogens is 2. The van der Waals surface area contributed by atoms with Crippen molar-refractivity contribution in [2.24, 2.45) is 0 Å². The number of benzene rings is 3. The van der Waals surface area contributed by atoms with E-state index < -0.39 is 12.0 Å². The summed E-state index contributed by atoms with van der Waals surface area (Å²) in [6.07, 6.45) is -4.73. The zero-order chi connectivity index (χ0) is 24.3. The fourth-order valence-electron chi connectivity index (χ4n) is 3.30. The Kier molecular flexibility index (Phi) is 6.22. The molecule has 0 fully saturated rings. The van der Waals surface area contributed by atoms with Crippen molar-refractivity contribution in [1.29, 1.82) is 0 Å². The Bertz CT molecular complexity index is 1340. The summed E-state index contributed by atoms with van der Waals surface area (Å²) >= 11 is 0. The largest absolute Gasteiger partial charge is 0.494 e. The Morgan fingerprint density at radius 1 is 0.853 bits per heavy atom. The predicted octanol–water partition coefficient (Wildman–Crippen LogP) is 5.66. The number of carbonyl (C=O) groups excluding carboxylic acids is 1. The molecule has 2 N–H and O–H groups in total. The lowest BCUT2D eigenvalue weighted by Gasteiger charge is -2.18. The molecule has 1 aromatic heterocycles. The third-order valence-corrected chi connectivity index (χ3v) is 4.92. The SMILES string of the molecule is COc1cc(Nc2nc(C(F)(F)F)nc3ccccc23)c(OC)cc1NC(=O)c1ccccc1. The summed E-state index contributed by atoms with van der Waals surface area (Å²) in [4.78, 5) is 19.9. The van der Waals surface area contributed by atoms with Crippen molar-refractivity contribution in [3.05, 3.63) is 78.1 Å². The van der Waals surface area contributed by atoms with Crippen LogP contribution in [-0.4, -0.2) is 30.1 Å². The molecule has 3 aromatic carbocycles. The van der Waals surface area contributed by atoms with E-state index in [0.29, 0.717) is 16.6 Å². The van der Waals surface area contributed by atoms with E-state index in [2.05, 4.69) is 20.6 Å². The van der Waals surface area contributed by atoms with Crippen LogP contribution in [0.2, 0.25) is 0 Å². The van der Waals surface area contributed by atoms with E-state index in [1.54, 1.807) is 48.5 Å². The number of carbonyl (C=O) groups is 1. The topological polar surface area (TPSA) is 85.4 Å². The number of methoxy groups -OCH3 is 2. The fourth-order valence-corrected chi connectivity index (χ4v) is 3.30. The van der Waals surface area contributed by atoms with Crippen molar-refractivity contribution in [3.8, 4) is 11.5 Å².